The monoisotopic (exact) mass is 325 g/mol. The molecular weight excluding hydrogens is 306 g/mol. The number of benzene rings is 1. The van der Waals surface area contributed by atoms with Crippen LogP contribution in [0.5, 0.6) is 0 Å². The molecule has 0 saturated carbocycles. The lowest BCUT2D eigenvalue weighted by atomic mass is 10.1. The quantitative estimate of drug-likeness (QED) is 0.676. The van der Waals surface area contributed by atoms with Crippen molar-refractivity contribution >= 4 is 5.78 Å². The van der Waals surface area contributed by atoms with Crippen molar-refractivity contribution in [3.05, 3.63) is 63.9 Å². The van der Waals surface area contributed by atoms with Gasteiger partial charge in [-0.25, -0.2) is 9.36 Å². The van der Waals surface area contributed by atoms with E-state index >= 15 is 0 Å². The van der Waals surface area contributed by atoms with Gasteiger partial charge in [-0.1, -0.05) is 35.5 Å². The standard InChI is InChI=1S/C18H19N3O3/c1-4-20-12(2)10-15(13(20)3)16(22)11-21-17(19-24-18(21)23)14-8-6-5-7-9-14/h5-10H,4,11H2,1-3H3. The van der Waals surface area contributed by atoms with Crippen LogP contribution in [-0.2, 0) is 13.1 Å². The van der Waals surface area contributed by atoms with Gasteiger partial charge < -0.3 is 4.57 Å². The fourth-order valence-corrected chi connectivity index (χ4v) is 3.00. The minimum Gasteiger partial charge on any atom is -0.349 e. The maximum atomic E-state index is 12.7. The largest absolute Gasteiger partial charge is 0.442 e. The minimum atomic E-state index is -0.633. The Morgan fingerprint density at radius 3 is 2.50 bits per heavy atom. The molecule has 0 radical (unpaired) electrons. The first kappa shape index (κ1) is 16.0. The average molecular weight is 325 g/mol. The SMILES string of the molecule is CCn1c(C)cc(C(=O)Cn2c(-c3ccccc3)noc2=O)c1C. The lowest BCUT2D eigenvalue weighted by Crippen LogP contribution is -2.21. The molecule has 3 rings (SSSR count). The Balaban J connectivity index is 1.97. The van der Waals surface area contributed by atoms with Gasteiger partial charge in [0, 0.05) is 29.1 Å². The van der Waals surface area contributed by atoms with E-state index < -0.39 is 5.76 Å². The van der Waals surface area contributed by atoms with Gasteiger partial charge in [0.05, 0.1) is 6.54 Å². The maximum absolute atomic E-state index is 12.7. The van der Waals surface area contributed by atoms with E-state index in [0.29, 0.717) is 11.4 Å². The number of rotatable bonds is 5. The fraction of sp³-hybridized carbons (Fsp3) is 0.278. The number of nitrogens with zero attached hydrogens (tertiary/aromatic N) is 3. The second kappa shape index (κ2) is 6.31. The molecule has 0 aliphatic carbocycles. The summed E-state index contributed by atoms with van der Waals surface area (Å²) in [7, 11) is 0. The summed E-state index contributed by atoms with van der Waals surface area (Å²) in [6.45, 7) is 6.62. The van der Waals surface area contributed by atoms with E-state index in [1.54, 1.807) is 0 Å². The zero-order valence-corrected chi connectivity index (χ0v) is 13.9. The molecule has 0 atom stereocenters. The van der Waals surface area contributed by atoms with Crippen molar-refractivity contribution < 1.29 is 9.32 Å². The topological polar surface area (TPSA) is 70.0 Å². The molecule has 0 aliphatic rings. The van der Waals surface area contributed by atoms with Crippen molar-refractivity contribution in [1.29, 1.82) is 0 Å². The van der Waals surface area contributed by atoms with Crippen LogP contribution in [-0.4, -0.2) is 20.1 Å². The molecule has 0 spiro atoms. The molecule has 0 N–H and O–H groups in total. The highest BCUT2D eigenvalue weighted by atomic mass is 16.5. The molecule has 0 unspecified atom stereocenters. The van der Waals surface area contributed by atoms with Crippen LogP contribution in [0.3, 0.4) is 0 Å². The first-order chi connectivity index (χ1) is 11.5. The van der Waals surface area contributed by atoms with Crippen molar-refractivity contribution in [2.75, 3.05) is 0 Å². The van der Waals surface area contributed by atoms with Crippen LogP contribution in [0.2, 0.25) is 0 Å². The molecule has 3 aromatic rings. The molecule has 6 nitrogen and oxygen atoms in total. The summed E-state index contributed by atoms with van der Waals surface area (Å²) in [6.07, 6.45) is 0. The molecule has 2 heterocycles. The van der Waals surface area contributed by atoms with Crippen LogP contribution in [0.25, 0.3) is 11.4 Å². The molecular formula is C18H19N3O3. The molecule has 0 fully saturated rings. The molecule has 0 amide bonds. The van der Waals surface area contributed by atoms with Crippen LogP contribution in [0.1, 0.15) is 28.7 Å². The van der Waals surface area contributed by atoms with E-state index in [-0.39, 0.29) is 12.3 Å². The number of aryl methyl sites for hydroxylation is 1. The average Bonchev–Trinajstić information content (AvgIpc) is 3.08. The number of aromatic nitrogens is 3. The maximum Gasteiger partial charge on any atom is 0.442 e. The Morgan fingerprint density at radius 2 is 1.88 bits per heavy atom. The van der Waals surface area contributed by atoms with E-state index in [2.05, 4.69) is 9.72 Å². The van der Waals surface area contributed by atoms with Gasteiger partial charge in [-0.2, -0.15) is 0 Å². The Labute approximate surface area is 139 Å². The van der Waals surface area contributed by atoms with Crippen LogP contribution in [0, 0.1) is 13.8 Å². The Morgan fingerprint density at radius 1 is 1.17 bits per heavy atom. The normalized spacial score (nSPS) is 11.0. The van der Waals surface area contributed by atoms with Crippen molar-refractivity contribution in [2.45, 2.75) is 33.9 Å². The van der Waals surface area contributed by atoms with Gasteiger partial charge in [-0.15, -0.1) is 0 Å². The summed E-state index contributed by atoms with van der Waals surface area (Å²) in [4.78, 5) is 24.7. The zero-order chi connectivity index (χ0) is 17.3. The highest BCUT2D eigenvalue weighted by Crippen LogP contribution is 2.18. The number of hydrogen-bond acceptors (Lipinski definition) is 4. The molecule has 0 aliphatic heterocycles. The predicted octanol–water partition coefficient (Wildman–Crippen LogP) is 2.82. The summed E-state index contributed by atoms with van der Waals surface area (Å²) in [5.41, 5.74) is 3.29. The third kappa shape index (κ3) is 2.71. The van der Waals surface area contributed by atoms with E-state index in [1.807, 2.05) is 57.2 Å². The van der Waals surface area contributed by atoms with E-state index in [0.717, 1.165) is 23.5 Å². The fourth-order valence-electron chi connectivity index (χ4n) is 3.00. The Bertz CT molecular complexity index is 932. The lowest BCUT2D eigenvalue weighted by molar-refractivity contribution is 0.0969. The number of carbonyl (C=O) groups is 1. The van der Waals surface area contributed by atoms with Crippen LogP contribution in [0.4, 0.5) is 0 Å². The molecule has 1 aromatic carbocycles. The van der Waals surface area contributed by atoms with E-state index in [1.165, 1.54) is 4.57 Å². The summed E-state index contributed by atoms with van der Waals surface area (Å²) < 4.78 is 8.11. The highest BCUT2D eigenvalue weighted by molar-refractivity contribution is 5.97. The van der Waals surface area contributed by atoms with Gasteiger partial charge in [0.2, 0.25) is 0 Å². The van der Waals surface area contributed by atoms with Gasteiger partial charge in [-0.05, 0) is 26.8 Å². The number of Topliss-reactive ketones (excluding diaryl/α,β-unsaturated/α-hetero) is 1. The summed E-state index contributed by atoms with van der Waals surface area (Å²) in [5.74, 6) is -0.407. The third-order valence-electron chi connectivity index (χ3n) is 4.21. The summed E-state index contributed by atoms with van der Waals surface area (Å²) >= 11 is 0. The second-order valence-corrected chi connectivity index (χ2v) is 5.68. The molecule has 0 bridgehead atoms. The van der Waals surface area contributed by atoms with Crippen molar-refractivity contribution in [3.63, 3.8) is 0 Å². The van der Waals surface area contributed by atoms with Crippen LogP contribution in [0.15, 0.2) is 45.7 Å². The van der Waals surface area contributed by atoms with E-state index in [4.69, 9.17) is 4.52 Å². The van der Waals surface area contributed by atoms with Crippen molar-refractivity contribution in [2.24, 2.45) is 0 Å². The molecule has 2 aromatic heterocycles. The third-order valence-corrected chi connectivity index (χ3v) is 4.21. The molecule has 0 saturated heterocycles. The smallest absolute Gasteiger partial charge is 0.349 e. The predicted molar refractivity (Wildman–Crippen MR) is 90.1 cm³/mol. The number of carbonyl (C=O) groups excluding carboxylic acids is 1. The van der Waals surface area contributed by atoms with Gasteiger partial charge >= 0.3 is 5.76 Å². The van der Waals surface area contributed by atoms with Crippen LogP contribution >= 0.6 is 0 Å². The number of hydrogen-bond donors (Lipinski definition) is 0. The zero-order valence-electron chi connectivity index (χ0n) is 13.9. The van der Waals surface area contributed by atoms with Gasteiger partial charge in [0.15, 0.2) is 11.6 Å². The van der Waals surface area contributed by atoms with Crippen molar-refractivity contribution in [1.82, 2.24) is 14.3 Å². The molecule has 24 heavy (non-hydrogen) atoms. The first-order valence-electron chi connectivity index (χ1n) is 7.84. The summed E-state index contributed by atoms with van der Waals surface area (Å²) in [5, 5.41) is 3.81. The van der Waals surface area contributed by atoms with Crippen LogP contribution < -0.4 is 5.76 Å². The second-order valence-electron chi connectivity index (χ2n) is 5.68. The highest BCUT2D eigenvalue weighted by Gasteiger charge is 2.20. The van der Waals surface area contributed by atoms with Gasteiger partial charge in [-0.3, -0.25) is 9.32 Å². The van der Waals surface area contributed by atoms with E-state index in [9.17, 15) is 9.59 Å². The Kier molecular flexibility index (Phi) is 4.20. The lowest BCUT2D eigenvalue weighted by Gasteiger charge is -2.06. The molecule has 124 valence electrons. The Hall–Kier alpha value is -2.89. The van der Waals surface area contributed by atoms with Crippen molar-refractivity contribution in [3.8, 4) is 11.4 Å². The van der Waals surface area contributed by atoms with Gasteiger partial charge in [0.25, 0.3) is 0 Å². The first-order valence-corrected chi connectivity index (χ1v) is 7.84. The molecule has 6 heteroatoms. The summed E-state index contributed by atoms with van der Waals surface area (Å²) in [6, 6.07) is 11.1. The minimum absolute atomic E-state index is 0.0967. The van der Waals surface area contributed by atoms with Gasteiger partial charge in [0.1, 0.15) is 0 Å². The number of ketones is 1.